The third kappa shape index (κ3) is 3.41. The Kier molecular flexibility index (Phi) is 3.86. The zero-order chi connectivity index (χ0) is 13.9. The van der Waals surface area contributed by atoms with E-state index in [0.29, 0.717) is 0 Å². The topological polar surface area (TPSA) is 83.5 Å². The first-order valence-corrected chi connectivity index (χ1v) is 5.41. The van der Waals surface area contributed by atoms with E-state index in [1.54, 1.807) is 29.6 Å². The van der Waals surface area contributed by atoms with Crippen LogP contribution in [0.5, 0.6) is 0 Å². The second-order valence-corrected chi connectivity index (χ2v) is 4.92. The number of aliphatic carboxylic acids is 1. The van der Waals surface area contributed by atoms with E-state index in [-0.39, 0.29) is 11.0 Å². The maximum absolute atomic E-state index is 11.5. The fraction of sp³-hybridized carbons (Fsp3) is 0.308. The number of hydrogen-bond donors (Lipinski definition) is 2. The second-order valence-electron chi connectivity index (χ2n) is 4.92. The van der Waals surface area contributed by atoms with Crippen LogP contribution in [0.1, 0.15) is 36.7 Å². The monoisotopic (exact) mass is 249 g/mol. The normalized spacial score (nSPS) is 10.8. The van der Waals surface area contributed by atoms with Gasteiger partial charge in [0.2, 0.25) is 0 Å². The van der Waals surface area contributed by atoms with E-state index < -0.39 is 17.8 Å². The summed E-state index contributed by atoms with van der Waals surface area (Å²) in [4.78, 5) is 32.6. The highest BCUT2D eigenvalue weighted by Crippen LogP contribution is 2.22. The molecule has 0 fully saturated rings. The summed E-state index contributed by atoms with van der Waals surface area (Å²) in [5.41, 5.74) is 1.26. The van der Waals surface area contributed by atoms with E-state index in [4.69, 9.17) is 5.11 Å². The number of carbonyl (C=O) groups excluding carboxylic acids is 2. The Bertz CT molecular complexity index is 483. The molecule has 0 heterocycles. The van der Waals surface area contributed by atoms with Gasteiger partial charge in [-0.05, 0) is 23.1 Å². The molecule has 0 aromatic heterocycles. The molecule has 0 unspecified atom stereocenters. The lowest BCUT2D eigenvalue weighted by Crippen LogP contribution is -2.35. The zero-order valence-corrected chi connectivity index (χ0v) is 10.5. The molecule has 0 saturated heterocycles. The molecule has 1 rings (SSSR count). The van der Waals surface area contributed by atoms with Crippen molar-refractivity contribution < 1.29 is 19.5 Å². The van der Waals surface area contributed by atoms with Gasteiger partial charge in [-0.25, -0.2) is 4.79 Å². The summed E-state index contributed by atoms with van der Waals surface area (Å²) in [6.45, 7) is 6.11. The molecule has 0 atom stereocenters. The quantitative estimate of drug-likeness (QED) is 0.735. The summed E-state index contributed by atoms with van der Waals surface area (Å²) in [5, 5.41) is 10.1. The lowest BCUT2D eigenvalue weighted by molar-refractivity contribution is -0.149. The van der Waals surface area contributed by atoms with Crippen molar-refractivity contribution in [3.05, 3.63) is 35.4 Å². The van der Waals surface area contributed by atoms with Crippen LogP contribution in [0, 0.1) is 0 Å². The molecular weight excluding hydrogens is 234 g/mol. The van der Waals surface area contributed by atoms with Crippen LogP contribution >= 0.6 is 0 Å². The molecule has 0 bridgehead atoms. The predicted molar refractivity (Wildman–Crippen MR) is 65.3 cm³/mol. The average Bonchev–Trinajstić information content (AvgIpc) is 2.27. The summed E-state index contributed by atoms with van der Waals surface area (Å²) in [6, 6.07) is 6.68. The van der Waals surface area contributed by atoms with Gasteiger partial charge in [-0.3, -0.25) is 14.9 Å². The van der Waals surface area contributed by atoms with Crippen LogP contribution in [0.3, 0.4) is 0 Å². The smallest absolute Gasteiger partial charge is 0.394 e. The van der Waals surface area contributed by atoms with E-state index in [9.17, 15) is 14.4 Å². The number of carboxylic acids is 1. The summed E-state index contributed by atoms with van der Waals surface area (Å²) in [7, 11) is 0. The van der Waals surface area contributed by atoms with E-state index in [1.165, 1.54) is 0 Å². The highest BCUT2D eigenvalue weighted by atomic mass is 16.4. The Morgan fingerprint density at radius 3 is 1.94 bits per heavy atom. The van der Waals surface area contributed by atoms with Crippen LogP contribution in [0.25, 0.3) is 0 Å². The van der Waals surface area contributed by atoms with Crippen LogP contribution in [0.15, 0.2) is 24.3 Å². The summed E-state index contributed by atoms with van der Waals surface area (Å²) in [5.74, 6) is -3.74. The number of amides is 2. The molecule has 2 N–H and O–H groups in total. The van der Waals surface area contributed by atoms with Crippen molar-refractivity contribution in [2.24, 2.45) is 0 Å². The van der Waals surface area contributed by atoms with Gasteiger partial charge in [0.1, 0.15) is 0 Å². The van der Waals surface area contributed by atoms with Gasteiger partial charge in [0.25, 0.3) is 5.91 Å². The van der Waals surface area contributed by atoms with Gasteiger partial charge < -0.3 is 5.11 Å². The predicted octanol–water partition coefficient (Wildman–Crippen LogP) is 1.33. The summed E-state index contributed by atoms with van der Waals surface area (Å²) >= 11 is 0. The van der Waals surface area contributed by atoms with Crippen molar-refractivity contribution in [3.63, 3.8) is 0 Å². The first-order valence-electron chi connectivity index (χ1n) is 5.41. The van der Waals surface area contributed by atoms with Gasteiger partial charge in [0, 0.05) is 5.56 Å². The number of carboxylic acid groups (broad SMARTS) is 1. The molecule has 5 nitrogen and oxygen atoms in total. The van der Waals surface area contributed by atoms with Crippen LogP contribution in [0.2, 0.25) is 0 Å². The van der Waals surface area contributed by atoms with Gasteiger partial charge in [-0.15, -0.1) is 0 Å². The Balaban J connectivity index is 2.83. The van der Waals surface area contributed by atoms with Gasteiger partial charge in [0.05, 0.1) is 0 Å². The van der Waals surface area contributed by atoms with Gasteiger partial charge in [-0.2, -0.15) is 0 Å². The molecule has 0 aliphatic rings. The Hall–Kier alpha value is -2.17. The maximum Gasteiger partial charge on any atom is 0.394 e. The maximum atomic E-state index is 11.5. The van der Waals surface area contributed by atoms with Crippen LogP contribution in [-0.4, -0.2) is 22.9 Å². The van der Waals surface area contributed by atoms with Gasteiger partial charge in [-0.1, -0.05) is 32.9 Å². The van der Waals surface area contributed by atoms with Gasteiger partial charge >= 0.3 is 11.9 Å². The third-order valence-corrected chi connectivity index (χ3v) is 2.43. The van der Waals surface area contributed by atoms with Crippen molar-refractivity contribution in [1.29, 1.82) is 0 Å². The van der Waals surface area contributed by atoms with Crippen molar-refractivity contribution in [2.75, 3.05) is 0 Å². The molecule has 1 aromatic rings. The highest BCUT2D eigenvalue weighted by Gasteiger charge is 2.17. The first kappa shape index (κ1) is 13.9. The largest absolute Gasteiger partial charge is 0.474 e. The molecular formula is C13H15NO4. The molecule has 5 heteroatoms. The summed E-state index contributed by atoms with van der Waals surface area (Å²) in [6.07, 6.45) is 0. The van der Waals surface area contributed by atoms with Gasteiger partial charge in [0.15, 0.2) is 0 Å². The first-order chi connectivity index (χ1) is 8.21. The molecule has 0 aliphatic carbocycles. The average molecular weight is 249 g/mol. The minimum absolute atomic E-state index is 0.0358. The van der Waals surface area contributed by atoms with Crippen LogP contribution < -0.4 is 5.32 Å². The zero-order valence-electron chi connectivity index (χ0n) is 10.5. The van der Waals surface area contributed by atoms with E-state index in [1.807, 2.05) is 20.8 Å². The third-order valence-electron chi connectivity index (χ3n) is 2.43. The van der Waals surface area contributed by atoms with Crippen molar-refractivity contribution >= 4 is 17.8 Å². The van der Waals surface area contributed by atoms with Crippen LogP contribution in [-0.2, 0) is 15.0 Å². The molecule has 0 saturated carbocycles. The number of hydrogen-bond acceptors (Lipinski definition) is 3. The minimum Gasteiger partial charge on any atom is -0.474 e. The van der Waals surface area contributed by atoms with E-state index in [0.717, 1.165) is 5.56 Å². The molecule has 1 aromatic carbocycles. The SMILES string of the molecule is CC(C)(C)c1ccc(C(=O)NC(=O)C(=O)O)cc1. The molecule has 0 radical (unpaired) electrons. The molecule has 2 amide bonds. The summed E-state index contributed by atoms with van der Waals surface area (Å²) < 4.78 is 0. The lowest BCUT2D eigenvalue weighted by Gasteiger charge is -2.18. The molecule has 96 valence electrons. The number of carbonyl (C=O) groups is 3. The van der Waals surface area contributed by atoms with Crippen molar-refractivity contribution in [3.8, 4) is 0 Å². The Morgan fingerprint density at radius 1 is 1.06 bits per heavy atom. The number of benzene rings is 1. The number of rotatable bonds is 1. The van der Waals surface area contributed by atoms with E-state index >= 15 is 0 Å². The molecule has 0 spiro atoms. The van der Waals surface area contributed by atoms with Crippen molar-refractivity contribution in [1.82, 2.24) is 5.32 Å². The Labute approximate surface area is 105 Å². The van der Waals surface area contributed by atoms with E-state index in [2.05, 4.69) is 0 Å². The second kappa shape index (κ2) is 5.00. The molecule has 18 heavy (non-hydrogen) atoms. The Morgan fingerprint density at radius 2 is 1.56 bits per heavy atom. The number of nitrogens with one attached hydrogen (secondary N) is 1. The molecule has 0 aliphatic heterocycles. The fourth-order valence-electron chi connectivity index (χ4n) is 1.35. The fourth-order valence-corrected chi connectivity index (χ4v) is 1.35. The minimum atomic E-state index is -1.69. The van der Waals surface area contributed by atoms with Crippen molar-refractivity contribution in [2.45, 2.75) is 26.2 Å². The number of imide groups is 1. The highest BCUT2D eigenvalue weighted by molar-refractivity contribution is 6.35. The lowest BCUT2D eigenvalue weighted by atomic mass is 9.87. The standard InChI is InChI=1S/C13H15NO4/c1-13(2,3)9-6-4-8(5-7-9)10(15)14-11(16)12(17)18/h4-7H,1-3H3,(H,17,18)(H,14,15,16). The van der Waals surface area contributed by atoms with Crippen LogP contribution in [0.4, 0.5) is 0 Å².